The largest absolute Gasteiger partial charge is 0.497 e. The maximum atomic E-state index is 14.3. The first kappa shape index (κ1) is 32.1. The van der Waals surface area contributed by atoms with E-state index in [-0.39, 0.29) is 25.0 Å². The van der Waals surface area contributed by atoms with Crippen molar-refractivity contribution in [3.8, 4) is 11.5 Å². The lowest BCUT2D eigenvalue weighted by atomic mass is 9.92. The van der Waals surface area contributed by atoms with Gasteiger partial charge in [0.15, 0.2) is 5.11 Å². The van der Waals surface area contributed by atoms with Gasteiger partial charge in [-0.15, -0.1) is 0 Å². The van der Waals surface area contributed by atoms with E-state index in [4.69, 9.17) is 21.7 Å². The van der Waals surface area contributed by atoms with Gasteiger partial charge >= 0.3 is 6.18 Å². The smallest absolute Gasteiger partial charge is 0.416 e. The van der Waals surface area contributed by atoms with Crippen LogP contribution in [0, 0.1) is 0 Å². The lowest BCUT2D eigenvalue weighted by molar-refractivity contribution is -0.146. The zero-order valence-corrected chi connectivity index (χ0v) is 25.8. The minimum atomic E-state index is -4.49. The molecule has 1 aliphatic carbocycles. The third kappa shape index (κ3) is 7.00. The first-order valence-electron chi connectivity index (χ1n) is 14.6. The van der Waals surface area contributed by atoms with Gasteiger partial charge in [-0.2, -0.15) is 13.2 Å². The summed E-state index contributed by atoms with van der Waals surface area (Å²) in [5.74, 6) is 0.181. The van der Waals surface area contributed by atoms with Gasteiger partial charge in [0.05, 0.1) is 38.1 Å². The number of hydrogen-bond acceptors (Lipinski definition) is 5. The first-order chi connectivity index (χ1) is 21.5. The number of benzene rings is 3. The van der Waals surface area contributed by atoms with Gasteiger partial charge in [-0.25, -0.2) is 0 Å². The van der Waals surface area contributed by atoms with E-state index in [2.05, 4.69) is 10.6 Å². The highest BCUT2D eigenvalue weighted by molar-refractivity contribution is 7.80. The van der Waals surface area contributed by atoms with Crippen LogP contribution in [0.25, 0.3) is 0 Å². The van der Waals surface area contributed by atoms with Gasteiger partial charge < -0.3 is 29.9 Å². The molecule has 238 valence electrons. The molecule has 1 atom stereocenters. The Bertz CT molecular complexity index is 1530. The van der Waals surface area contributed by atoms with E-state index in [1.165, 1.54) is 31.3 Å². The van der Waals surface area contributed by atoms with E-state index in [1.54, 1.807) is 23.1 Å². The molecule has 1 aliphatic heterocycles. The number of carbonyl (C=O) groups excluding carboxylic acids is 2. The fourth-order valence-electron chi connectivity index (χ4n) is 6.03. The molecule has 1 saturated heterocycles. The second-order valence-electron chi connectivity index (χ2n) is 11.2. The maximum absolute atomic E-state index is 14.3. The number of methoxy groups -OCH3 is 2. The van der Waals surface area contributed by atoms with Crippen LogP contribution in [-0.4, -0.2) is 59.6 Å². The van der Waals surface area contributed by atoms with Crippen LogP contribution in [0.4, 0.5) is 18.9 Å². The summed E-state index contributed by atoms with van der Waals surface area (Å²) >= 11 is 5.58. The number of rotatable bonds is 10. The molecule has 12 heteroatoms. The van der Waals surface area contributed by atoms with Gasteiger partial charge in [0.25, 0.3) is 0 Å². The molecule has 3 aromatic carbocycles. The fourth-order valence-corrected chi connectivity index (χ4v) is 6.31. The Kier molecular flexibility index (Phi) is 9.52. The number of nitrogens with zero attached hydrogens (tertiary/aromatic N) is 2. The summed E-state index contributed by atoms with van der Waals surface area (Å²) in [6.45, 7) is 0.294. The standard InChI is InChI=1S/C33H35F3N4O4S/c1-43-25-14-15-26(28(18-25)44-2)37-30(42)32(16-6-7-17-32)40(19-22-10-12-24(13-11-22)33(34,35)36)29(41)21-39-20-27(38-31(39)45)23-8-4-3-5-9-23/h3-5,8-15,18,27H,6-7,16-17,19-21H2,1-2H3,(H,37,42)(H,38,45)/t27-/m1/s1. The first-order valence-corrected chi connectivity index (χ1v) is 15.1. The molecule has 1 heterocycles. The second kappa shape index (κ2) is 13.4. The molecule has 0 bridgehead atoms. The molecular weight excluding hydrogens is 605 g/mol. The molecule has 0 radical (unpaired) electrons. The van der Waals surface area contributed by atoms with E-state index in [0.717, 1.165) is 17.7 Å². The van der Waals surface area contributed by atoms with Gasteiger partial charge in [-0.3, -0.25) is 9.59 Å². The molecule has 0 spiro atoms. The highest BCUT2D eigenvalue weighted by Crippen LogP contribution is 2.40. The number of anilines is 1. The van der Waals surface area contributed by atoms with E-state index in [1.807, 2.05) is 30.3 Å². The predicted molar refractivity (Wildman–Crippen MR) is 168 cm³/mol. The van der Waals surface area contributed by atoms with Crippen molar-refractivity contribution < 1.29 is 32.2 Å². The lowest BCUT2D eigenvalue weighted by Crippen LogP contribution is -2.59. The summed E-state index contributed by atoms with van der Waals surface area (Å²) in [4.78, 5) is 31.8. The van der Waals surface area contributed by atoms with Crippen LogP contribution in [0.2, 0.25) is 0 Å². The number of nitrogens with one attached hydrogen (secondary N) is 2. The van der Waals surface area contributed by atoms with Gasteiger partial charge in [0.2, 0.25) is 11.8 Å². The SMILES string of the molecule is COc1ccc(NC(=O)C2(N(Cc3ccc(C(F)(F)F)cc3)C(=O)CN3C[C@H](c4ccccc4)NC3=S)CCCC2)c(OC)c1. The van der Waals surface area contributed by atoms with E-state index in [9.17, 15) is 22.8 Å². The van der Waals surface area contributed by atoms with E-state index in [0.29, 0.717) is 60.1 Å². The Morgan fingerprint density at radius 1 is 1.02 bits per heavy atom. The summed E-state index contributed by atoms with van der Waals surface area (Å²) in [7, 11) is 3.00. The summed E-state index contributed by atoms with van der Waals surface area (Å²) in [6, 6.07) is 19.3. The molecule has 45 heavy (non-hydrogen) atoms. The third-order valence-corrected chi connectivity index (χ3v) is 8.84. The summed E-state index contributed by atoms with van der Waals surface area (Å²) in [6.07, 6.45) is -2.32. The van der Waals surface area contributed by atoms with Gasteiger partial charge in [0, 0.05) is 19.2 Å². The molecule has 0 unspecified atom stereocenters. The van der Waals surface area contributed by atoms with Crippen molar-refractivity contribution in [2.75, 3.05) is 32.6 Å². The molecule has 2 aliphatic rings. The Morgan fingerprint density at radius 3 is 2.33 bits per heavy atom. The number of alkyl halides is 3. The molecule has 5 rings (SSSR count). The Labute approximate surface area is 265 Å². The summed E-state index contributed by atoms with van der Waals surface area (Å²) < 4.78 is 50.6. The molecule has 2 fully saturated rings. The quantitative estimate of drug-likeness (QED) is 0.266. The molecule has 3 aromatic rings. The molecule has 1 saturated carbocycles. The van der Waals surface area contributed by atoms with Crippen molar-refractivity contribution in [2.24, 2.45) is 0 Å². The molecule has 8 nitrogen and oxygen atoms in total. The number of carbonyl (C=O) groups is 2. The van der Waals surface area contributed by atoms with Crippen LogP contribution < -0.4 is 20.1 Å². The Hall–Kier alpha value is -4.32. The van der Waals surface area contributed by atoms with E-state index < -0.39 is 23.2 Å². The number of halogens is 3. The van der Waals surface area contributed by atoms with Crippen molar-refractivity contribution in [1.82, 2.24) is 15.1 Å². The topological polar surface area (TPSA) is 83.1 Å². The Balaban J connectivity index is 1.45. The van der Waals surface area contributed by atoms with Crippen molar-refractivity contribution in [3.05, 3.63) is 89.5 Å². The number of amides is 2. The average molecular weight is 641 g/mol. The van der Waals surface area contributed by atoms with Crippen molar-refractivity contribution >= 4 is 34.8 Å². The molecule has 0 aromatic heterocycles. The van der Waals surface area contributed by atoms with E-state index >= 15 is 0 Å². The lowest BCUT2D eigenvalue weighted by Gasteiger charge is -2.41. The van der Waals surface area contributed by atoms with Crippen LogP contribution >= 0.6 is 12.2 Å². The molecular formula is C33H35F3N4O4S. The fraction of sp³-hybridized carbons (Fsp3) is 0.364. The van der Waals surface area contributed by atoms with Crippen LogP contribution in [-0.2, 0) is 22.3 Å². The zero-order valence-electron chi connectivity index (χ0n) is 25.0. The minimum absolute atomic E-state index is 0.0553. The number of thiocarbonyl (C=S) groups is 1. The Morgan fingerprint density at radius 2 is 1.71 bits per heavy atom. The van der Waals surface area contributed by atoms with Gasteiger partial charge in [-0.1, -0.05) is 55.3 Å². The number of hydrogen-bond donors (Lipinski definition) is 2. The van der Waals surface area contributed by atoms with Gasteiger partial charge in [-0.05, 0) is 60.5 Å². The maximum Gasteiger partial charge on any atom is 0.416 e. The normalized spacial score (nSPS) is 17.5. The zero-order chi connectivity index (χ0) is 32.2. The molecule has 2 N–H and O–H groups in total. The van der Waals surface area contributed by atoms with Crippen LogP contribution in [0.5, 0.6) is 11.5 Å². The summed E-state index contributed by atoms with van der Waals surface area (Å²) in [5.41, 5.74) is -0.131. The number of ether oxygens (including phenoxy) is 2. The van der Waals surface area contributed by atoms with Gasteiger partial charge in [0.1, 0.15) is 17.0 Å². The van der Waals surface area contributed by atoms with Crippen molar-refractivity contribution in [2.45, 2.75) is 50.0 Å². The highest BCUT2D eigenvalue weighted by Gasteiger charge is 2.49. The van der Waals surface area contributed by atoms with Crippen molar-refractivity contribution in [1.29, 1.82) is 0 Å². The van der Waals surface area contributed by atoms with Crippen LogP contribution in [0.3, 0.4) is 0 Å². The van der Waals surface area contributed by atoms with Crippen LogP contribution in [0.1, 0.15) is 48.4 Å². The third-order valence-electron chi connectivity index (χ3n) is 8.47. The predicted octanol–water partition coefficient (Wildman–Crippen LogP) is 5.93. The van der Waals surface area contributed by atoms with Crippen molar-refractivity contribution in [3.63, 3.8) is 0 Å². The highest BCUT2D eigenvalue weighted by atomic mass is 32.1. The van der Waals surface area contributed by atoms with Crippen LogP contribution in [0.15, 0.2) is 72.8 Å². The second-order valence-corrected chi connectivity index (χ2v) is 11.6. The summed E-state index contributed by atoms with van der Waals surface area (Å²) in [5, 5.41) is 6.65. The monoisotopic (exact) mass is 640 g/mol. The minimum Gasteiger partial charge on any atom is -0.497 e. The average Bonchev–Trinajstić information content (AvgIpc) is 3.68. The molecule has 2 amide bonds.